The molecule has 0 saturated carbocycles. The van der Waals surface area contributed by atoms with E-state index >= 15 is 0 Å². The van der Waals surface area contributed by atoms with Crippen molar-refractivity contribution < 1.29 is 103 Å². The molecule has 0 N–H and O–H groups in total. The van der Waals surface area contributed by atoms with E-state index in [-0.39, 0.29) is 5.56 Å². The third-order valence-electron chi connectivity index (χ3n) is 6.90. The summed E-state index contributed by atoms with van der Waals surface area (Å²) >= 11 is 0. The number of rotatable bonds is 18. The monoisotopic (exact) mass is 847 g/mol. The van der Waals surface area contributed by atoms with Crippen molar-refractivity contribution in [1.82, 2.24) is 0 Å². The molecule has 0 radical (unpaired) electrons. The lowest BCUT2D eigenvalue weighted by atomic mass is 9.98. The molecule has 318 valence electrons. The van der Waals surface area contributed by atoms with Crippen molar-refractivity contribution in [1.29, 1.82) is 0 Å². The maximum absolute atomic E-state index is 14.0. The van der Waals surface area contributed by atoms with Crippen molar-refractivity contribution in [3.8, 4) is 11.5 Å². The summed E-state index contributed by atoms with van der Waals surface area (Å²) in [6.07, 6.45) is -13.0. The molecule has 1 heterocycles. The van der Waals surface area contributed by atoms with Gasteiger partial charge in [-0.25, -0.2) is 37.1 Å². The van der Waals surface area contributed by atoms with Crippen LogP contribution in [0, 0.1) is 39.2 Å². The van der Waals surface area contributed by atoms with E-state index in [9.17, 15) is 56.0 Å². The van der Waals surface area contributed by atoms with Gasteiger partial charge in [0.05, 0.1) is 4.92 Å². The fourth-order valence-corrected chi connectivity index (χ4v) is 4.47. The van der Waals surface area contributed by atoms with Crippen LogP contribution in [0.25, 0.3) is 0 Å². The number of hydrogen-bond donors (Lipinski definition) is 0. The van der Waals surface area contributed by atoms with Gasteiger partial charge in [-0.1, -0.05) is 56.7 Å². The number of halogens is 5. The fourth-order valence-electron chi connectivity index (χ4n) is 4.47. The first-order valence-corrected chi connectivity index (χ1v) is 16.1. The van der Waals surface area contributed by atoms with Gasteiger partial charge in [0.25, 0.3) is 0 Å². The summed E-state index contributed by atoms with van der Waals surface area (Å²) in [5, 5.41) is 12.2. The van der Waals surface area contributed by atoms with Crippen LogP contribution in [0.1, 0.15) is 5.56 Å². The zero-order valence-electron chi connectivity index (χ0n) is 30.0. The molecule has 0 spiro atoms. The lowest BCUT2D eigenvalue weighted by Gasteiger charge is -2.42. The van der Waals surface area contributed by atoms with Crippen LogP contribution in [0.15, 0.2) is 68.8 Å². The minimum absolute atomic E-state index is 0.285. The lowest BCUT2D eigenvalue weighted by molar-refractivity contribution is -0.387. The van der Waals surface area contributed by atoms with Crippen LogP contribution >= 0.6 is 0 Å². The van der Waals surface area contributed by atoms with E-state index in [0.29, 0.717) is 6.07 Å². The standard InChI is InChI=1S/C35H30F5NO18/c1-5-11-49-30(42)28-26(57-32(43)50-12-6-2)27(58-33(44)51-13-7-3)29(59-34(45)52-14-8-4)31(55-28)54-19-10-9-17(15-18(19)41(47)48)16-53-35(46)56-25-23(39)21(37)20(36)22(38)24(25)40/h5-10,15,26-29,31H,1-4,11-14,16H2/t26-,27-,28-,29+,31+/m0/s1. The van der Waals surface area contributed by atoms with Crippen LogP contribution in [-0.4, -0.2) is 92.6 Å². The summed E-state index contributed by atoms with van der Waals surface area (Å²) < 4.78 is 124. The van der Waals surface area contributed by atoms with Crippen molar-refractivity contribution >= 4 is 36.3 Å². The Morgan fingerprint density at radius 1 is 0.661 bits per heavy atom. The van der Waals surface area contributed by atoms with Crippen molar-refractivity contribution in [2.45, 2.75) is 37.3 Å². The third kappa shape index (κ3) is 12.4. The smallest absolute Gasteiger partial charge is 0.459 e. The lowest BCUT2D eigenvalue weighted by Crippen LogP contribution is -2.64. The van der Waals surface area contributed by atoms with Crippen LogP contribution in [0.5, 0.6) is 11.5 Å². The molecule has 1 aliphatic rings. The Hall–Kier alpha value is -7.24. The minimum Gasteiger partial charge on any atom is -0.459 e. The third-order valence-corrected chi connectivity index (χ3v) is 6.90. The van der Waals surface area contributed by atoms with Crippen LogP contribution < -0.4 is 9.47 Å². The summed E-state index contributed by atoms with van der Waals surface area (Å²) in [5.74, 6) is -16.5. The van der Waals surface area contributed by atoms with Gasteiger partial charge in [-0.2, -0.15) is 8.78 Å². The Bertz CT molecular complexity index is 1930. The van der Waals surface area contributed by atoms with Gasteiger partial charge < -0.3 is 52.1 Å². The predicted octanol–water partition coefficient (Wildman–Crippen LogP) is 5.96. The van der Waals surface area contributed by atoms with Crippen LogP contribution in [-0.2, 0) is 54.0 Å². The largest absolute Gasteiger partial charge is 0.514 e. The van der Waals surface area contributed by atoms with E-state index in [4.69, 9.17) is 42.6 Å². The van der Waals surface area contributed by atoms with Gasteiger partial charge >= 0.3 is 36.3 Å². The second-order valence-corrected chi connectivity index (χ2v) is 10.9. The number of nitro benzene ring substituents is 1. The molecular formula is C35H30F5NO18. The van der Waals surface area contributed by atoms with Crippen LogP contribution in [0.3, 0.4) is 0 Å². The predicted molar refractivity (Wildman–Crippen MR) is 180 cm³/mol. The van der Waals surface area contributed by atoms with Gasteiger partial charge in [-0.05, 0) is 11.6 Å². The van der Waals surface area contributed by atoms with E-state index in [0.717, 1.165) is 36.4 Å². The summed E-state index contributed by atoms with van der Waals surface area (Å²) in [7, 11) is 0. The van der Waals surface area contributed by atoms with Crippen molar-refractivity contribution in [3.63, 3.8) is 0 Å². The number of nitrogens with zero attached hydrogens (tertiary/aromatic N) is 1. The molecule has 59 heavy (non-hydrogen) atoms. The van der Waals surface area contributed by atoms with Gasteiger partial charge in [-0.3, -0.25) is 10.1 Å². The molecule has 19 nitrogen and oxygen atoms in total. The average molecular weight is 848 g/mol. The normalized spacial score (nSPS) is 18.1. The molecule has 2 aromatic rings. The van der Waals surface area contributed by atoms with E-state index in [1.807, 2.05) is 0 Å². The second-order valence-electron chi connectivity index (χ2n) is 10.9. The maximum atomic E-state index is 14.0. The zero-order valence-corrected chi connectivity index (χ0v) is 30.0. The highest BCUT2D eigenvalue weighted by Crippen LogP contribution is 2.36. The molecule has 0 unspecified atom stereocenters. The van der Waals surface area contributed by atoms with Crippen molar-refractivity contribution in [2.24, 2.45) is 0 Å². The van der Waals surface area contributed by atoms with Gasteiger partial charge in [0.15, 0.2) is 24.1 Å². The van der Waals surface area contributed by atoms with Crippen LogP contribution in [0.4, 0.5) is 46.8 Å². The van der Waals surface area contributed by atoms with E-state index in [2.05, 4.69) is 35.8 Å². The molecule has 3 rings (SSSR count). The number of ether oxygens (including phenoxy) is 11. The molecule has 2 aromatic carbocycles. The number of nitro groups is 1. The summed E-state index contributed by atoms with van der Waals surface area (Å²) in [4.78, 5) is 74.7. The number of carbonyl (C=O) groups excluding carboxylic acids is 5. The Morgan fingerprint density at radius 3 is 1.64 bits per heavy atom. The Balaban J connectivity index is 2.05. The minimum atomic E-state index is -2.53. The van der Waals surface area contributed by atoms with Gasteiger partial charge in [-0.15, -0.1) is 0 Å². The average Bonchev–Trinajstić information content (AvgIpc) is 3.21. The Morgan fingerprint density at radius 2 is 1.14 bits per heavy atom. The molecule has 0 aromatic heterocycles. The zero-order chi connectivity index (χ0) is 43.8. The van der Waals surface area contributed by atoms with Gasteiger partial charge in [0.1, 0.15) is 33.0 Å². The first kappa shape index (κ1) is 46.1. The quantitative estimate of drug-likeness (QED) is 0.0194. The SMILES string of the molecule is C=CCOC(=O)O[C@@H]1[C@@H](OC(=O)OCC=C)[C@H](Oc2ccc(COC(=O)Oc3c(F)c(F)c(F)c(F)c3F)cc2[N+](=O)[O-])O[C@H](C(=O)OCC=C)[C@H]1OC(=O)OCC=C. The van der Waals surface area contributed by atoms with Crippen LogP contribution in [0.2, 0.25) is 0 Å². The van der Waals surface area contributed by atoms with Crippen molar-refractivity contribution in [3.05, 3.63) is 114 Å². The highest BCUT2D eigenvalue weighted by atomic mass is 19.2. The van der Waals surface area contributed by atoms with Crippen molar-refractivity contribution in [2.75, 3.05) is 26.4 Å². The first-order valence-electron chi connectivity index (χ1n) is 16.1. The van der Waals surface area contributed by atoms with Gasteiger partial charge in [0.2, 0.25) is 47.2 Å². The highest BCUT2D eigenvalue weighted by Gasteiger charge is 2.57. The van der Waals surface area contributed by atoms with E-state index in [1.54, 1.807) is 0 Å². The molecule has 0 aliphatic carbocycles. The molecular weight excluding hydrogens is 817 g/mol. The number of esters is 1. The maximum Gasteiger partial charge on any atom is 0.514 e. The molecule has 24 heteroatoms. The summed E-state index contributed by atoms with van der Waals surface area (Å²) in [6, 6.07) is 2.50. The topological polar surface area (TPSA) is 230 Å². The number of hydrogen-bond acceptors (Lipinski definition) is 18. The molecule has 0 bridgehead atoms. The molecule has 5 atom stereocenters. The van der Waals surface area contributed by atoms with Gasteiger partial charge in [0, 0.05) is 6.07 Å². The first-order chi connectivity index (χ1) is 28.1. The summed E-state index contributed by atoms with van der Waals surface area (Å²) in [6.45, 7) is 10.7. The molecule has 1 aliphatic heterocycles. The molecule has 1 saturated heterocycles. The molecule has 0 amide bonds. The number of benzene rings is 2. The second kappa shape index (κ2) is 21.9. The Kier molecular flexibility index (Phi) is 17.1. The number of carbonyl (C=O) groups is 5. The summed E-state index contributed by atoms with van der Waals surface area (Å²) in [5.41, 5.74) is -1.27. The fraction of sp³-hybridized carbons (Fsp3) is 0.286. The Labute approximate surface area is 328 Å². The van der Waals surface area contributed by atoms with E-state index < -0.39 is 146 Å². The molecule has 1 fully saturated rings. The van der Waals surface area contributed by atoms with E-state index in [1.165, 1.54) is 0 Å². The highest BCUT2D eigenvalue weighted by molar-refractivity contribution is 5.77.